The van der Waals surface area contributed by atoms with Gasteiger partial charge in [-0.25, -0.2) is 4.98 Å². The zero-order chi connectivity index (χ0) is 13.2. The quantitative estimate of drug-likeness (QED) is 0.833. The van der Waals surface area contributed by atoms with Crippen LogP contribution in [0.1, 0.15) is 44.9 Å². The van der Waals surface area contributed by atoms with Crippen LogP contribution in [0.2, 0.25) is 0 Å². The molecule has 1 atom stereocenters. The summed E-state index contributed by atoms with van der Waals surface area (Å²) in [6.45, 7) is 7.44. The molecule has 0 saturated heterocycles. The largest absolute Gasteiger partial charge is 0.369 e. The molecule has 1 aromatic heterocycles. The Labute approximate surface area is 115 Å². The zero-order valence-corrected chi connectivity index (χ0v) is 12.3. The van der Waals surface area contributed by atoms with Crippen molar-refractivity contribution in [2.45, 2.75) is 51.8 Å². The second-order valence-corrected chi connectivity index (χ2v) is 7.02. The summed E-state index contributed by atoms with van der Waals surface area (Å²) in [6.07, 6.45) is 4.56. The minimum atomic E-state index is 0.153. The van der Waals surface area contributed by atoms with Crippen LogP contribution < -0.4 is 5.32 Å². The Morgan fingerprint density at radius 3 is 2.83 bits per heavy atom. The first-order valence-corrected chi connectivity index (χ1v) is 7.24. The Morgan fingerprint density at radius 2 is 2.11 bits per heavy atom. The molecule has 2 rings (SSSR count). The molecule has 0 aliphatic heterocycles. The lowest BCUT2D eigenvalue weighted by Crippen LogP contribution is -2.21. The Bertz CT molecular complexity index is 409. The van der Waals surface area contributed by atoms with E-state index in [0.29, 0.717) is 0 Å². The first-order valence-electron chi connectivity index (χ1n) is 6.81. The van der Waals surface area contributed by atoms with Gasteiger partial charge in [-0.1, -0.05) is 26.8 Å². The van der Waals surface area contributed by atoms with Crippen molar-refractivity contribution in [2.24, 2.45) is 5.41 Å². The van der Waals surface area contributed by atoms with E-state index in [1.165, 1.54) is 24.1 Å². The van der Waals surface area contributed by atoms with Crippen LogP contribution >= 0.6 is 11.6 Å². The summed E-state index contributed by atoms with van der Waals surface area (Å²) >= 11 is 6.34. The highest BCUT2D eigenvalue weighted by Gasteiger charge is 2.17. The maximum absolute atomic E-state index is 6.34. The summed E-state index contributed by atoms with van der Waals surface area (Å²) in [4.78, 5) is 4.65. The summed E-state index contributed by atoms with van der Waals surface area (Å²) in [5.74, 6) is 0.968. The number of aromatic nitrogens is 1. The number of fused-ring (bicyclic) bond motifs is 1. The third-order valence-electron chi connectivity index (χ3n) is 3.27. The van der Waals surface area contributed by atoms with Gasteiger partial charge >= 0.3 is 0 Å². The summed E-state index contributed by atoms with van der Waals surface area (Å²) in [7, 11) is 0. The monoisotopic (exact) mass is 266 g/mol. The van der Waals surface area contributed by atoms with Crippen LogP contribution in [-0.4, -0.2) is 16.9 Å². The van der Waals surface area contributed by atoms with E-state index in [1.54, 1.807) is 0 Å². The minimum Gasteiger partial charge on any atom is -0.369 e. The molecule has 1 N–H and O–H groups in total. The molecule has 1 unspecified atom stereocenters. The fourth-order valence-corrected chi connectivity index (χ4v) is 3.01. The molecular formula is C15H23ClN2. The average Bonchev–Trinajstić information content (AvgIpc) is 2.71. The first kappa shape index (κ1) is 13.7. The molecule has 0 saturated carbocycles. The zero-order valence-electron chi connectivity index (χ0n) is 11.6. The molecule has 100 valence electrons. The van der Waals surface area contributed by atoms with E-state index in [-0.39, 0.29) is 10.8 Å². The summed E-state index contributed by atoms with van der Waals surface area (Å²) in [6, 6.07) is 4.27. The molecule has 0 amide bonds. The molecule has 1 aliphatic rings. The van der Waals surface area contributed by atoms with E-state index in [9.17, 15) is 0 Å². The van der Waals surface area contributed by atoms with Gasteiger partial charge in [0, 0.05) is 12.2 Å². The van der Waals surface area contributed by atoms with Crippen molar-refractivity contribution in [1.82, 2.24) is 4.98 Å². The van der Waals surface area contributed by atoms with Gasteiger partial charge in [-0.2, -0.15) is 0 Å². The number of alkyl halides is 1. The molecule has 1 aliphatic carbocycles. The van der Waals surface area contributed by atoms with Crippen molar-refractivity contribution in [1.29, 1.82) is 0 Å². The number of rotatable bonds is 4. The van der Waals surface area contributed by atoms with Crippen LogP contribution in [0.25, 0.3) is 0 Å². The second kappa shape index (κ2) is 5.48. The Hall–Kier alpha value is -0.760. The van der Waals surface area contributed by atoms with Gasteiger partial charge in [0.1, 0.15) is 5.82 Å². The molecule has 0 aromatic carbocycles. The smallest absolute Gasteiger partial charge is 0.126 e. The summed E-state index contributed by atoms with van der Waals surface area (Å²) in [5, 5.41) is 3.51. The van der Waals surface area contributed by atoms with E-state index in [1.807, 2.05) is 0 Å². The van der Waals surface area contributed by atoms with Crippen molar-refractivity contribution in [3.63, 3.8) is 0 Å². The minimum absolute atomic E-state index is 0.153. The highest BCUT2D eigenvalue weighted by atomic mass is 35.5. The van der Waals surface area contributed by atoms with E-state index in [0.717, 1.165) is 25.2 Å². The summed E-state index contributed by atoms with van der Waals surface area (Å²) < 4.78 is 0. The second-order valence-electron chi connectivity index (χ2n) is 6.40. The van der Waals surface area contributed by atoms with E-state index >= 15 is 0 Å². The highest BCUT2D eigenvalue weighted by Crippen LogP contribution is 2.24. The van der Waals surface area contributed by atoms with Gasteiger partial charge in [0.15, 0.2) is 0 Å². The van der Waals surface area contributed by atoms with Crippen molar-refractivity contribution in [3.05, 3.63) is 23.4 Å². The number of hydrogen-bond acceptors (Lipinski definition) is 2. The van der Waals surface area contributed by atoms with Crippen LogP contribution in [0.5, 0.6) is 0 Å². The van der Waals surface area contributed by atoms with Crippen molar-refractivity contribution < 1.29 is 0 Å². The molecule has 0 spiro atoms. The Balaban J connectivity index is 1.87. The Kier molecular flexibility index (Phi) is 4.16. The predicted molar refractivity (Wildman–Crippen MR) is 78.5 cm³/mol. The summed E-state index contributed by atoms with van der Waals surface area (Å²) in [5.41, 5.74) is 2.96. The highest BCUT2D eigenvalue weighted by molar-refractivity contribution is 6.20. The predicted octanol–water partition coefficient (Wildman–Crippen LogP) is 4.03. The third kappa shape index (κ3) is 3.88. The standard InChI is InChI=1S/C15H23ClN2/c1-15(2,3)9-12(16)10-17-14-8-7-11-5-4-6-13(11)18-14/h7-8,12H,4-6,9-10H2,1-3H3,(H,17,18). The van der Waals surface area contributed by atoms with Gasteiger partial charge in [0.25, 0.3) is 0 Å². The van der Waals surface area contributed by atoms with Crippen molar-refractivity contribution in [2.75, 3.05) is 11.9 Å². The van der Waals surface area contributed by atoms with Gasteiger partial charge in [0.05, 0.1) is 5.38 Å². The third-order valence-corrected chi connectivity index (χ3v) is 3.58. The fourth-order valence-electron chi connectivity index (χ4n) is 2.47. The molecular weight excluding hydrogens is 244 g/mol. The van der Waals surface area contributed by atoms with Crippen LogP contribution in [0.3, 0.4) is 0 Å². The molecule has 1 aromatic rings. The molecule has 0 bridgehead atoms. The van der Waals surface area contributed by atoms with E-state index < -0.39 is 0 Å². The van der Waals surface area contributed by atoms with Crippen LogP contribution in [-0.2, 0) is 12.8 Å². The number of halogens is 1. The SMILES string of the molecule is CC(C)(C)CC(Cl)CNc1ccc2c(n1)CCC2. The molecule has 0 radical (unpaired) electrons. The van der Waals surface area contributed by atoms with Gasteiger partial charge in [-0.15, -0.1) is 11.6 Å². The van der Waals surface area contributed by atoms with Gasteiger partial charge < -0.3 is 5.32 Å². The maximum atomic E-state index is 6.34. The van der Waals surface area contributed by atoms with Gasteiger partial charge in [-0.05, 0) is 42.7 Å². The number of pyridine rings is 1. The average molecular weight is 267 g/mol. The lowest BCUT2D eigenvalue weighted by molar-refractivity contribution is 0.373. The Morgan fingerprint density at radius 1 is 1.33 bits per heavy atom. The van der Waals surface area contributed by atoms with Crippen molar-refractivity contribution in [3.8, 4) is 0 Å². The topological polar surface area (TPSA) is 24.9 Å². The first-order chi connectivity index (χ1) is 8.44. The number of nitrogens with one attached hydrogen (secondary N) is 1. The normalized spacial score (nSPS) is 16.4. The number of hydrogen-bond donors (Lipinski definition) is 1. The lowest BCUT2D eigenvalue weighted by Gasteiger charge is -2.22. The molecule has 1 heterocycles. The fraction of sp³-hybridized carbons (Fsp3) is 0.667. The number of anilines is 1. The lowest BCUT2D eigenvalue weighted by atomic mass is 9.90. The molecule has 2 nitrogen and oxygen atoms in total. The molecule has 3 heteroatoms. The molecule has 18 heavy (non-hydrogen) atoms. The maximum Gasteiger partial charge on any atom is 0.126 e. The van der Waals surface area contributed by atoms with Crippen LogP contribution in [0.4, 0.5) is 5.82 Å². The van der Waals surface area contributed by atoms with Crippen LogP contribution in [0, 0.1) is 5.41 Å². The molecule has 0 fully saturated rings. The number of aryl methyl sites for hydroxylation is 2. The van der Waals surface area contributed by atoms with Crippen LogP contribution in [0.15, 0.2) is 12.1 Å². The van der Waals surface area contributed by atoms with Crippen molar-refractivity contribution >= 4 is 17.4 Å². The van der Waals surface area contributed by atoms with Gasteiger partial charge in [-0.3, -0.25) is 0 Å². The van der Waals surface area contributed by atoms with Gasteiger partial charge in [0.2, 0.25) is 0 Å². The number of nitrogens with zero attached hydrogens (tertiary/aromatic N) is 1. The van der Waals surface area contributed by atoms with E-state index in [2.05, 4.69) is 43.2 Å². The van der Waals surface area contributed by atoms with E-state index in [4.69, 9.17) is 11.6 Å².